The highest BCUT2D eigenvalue weighted by atomic mass is 16.5. The highest BCUT2D eigenvalue weighted by molar-refractivity contribution is 5.69. The number of esters is 1. The molecule has 5 nitrogen and oxygen atoms in total. The summed E-state index contributed by atoms with van der Waals surface area (Å²) in [5, 5.41) is 0. The molecule has 2 aromatic carbocycles. The average molecular weight is 455 g/mol. The molecule has 0 aliphatic carbocycles. The van der Waals surface area contributed by atoms with Crippen LogP contribution in [0.3, 0.4) is 0 Å². The van der Waals surface area contributed by atoms with E-state index in [-0.39, 0.29) is 30.5 Å². The second kappa shape index (κ2) is 14.6. The minimum absolute atomic E-state index is 0.0375. The second-order valence-electron chi connectivity index (χ2n) is 8.59. The highest BCUT2D eigenvalue weighted by Gasteiger charge is 2.29. The molecule has 0 radical (unpaired) electrons. The molecule has 5 heteroatoms. The number of aryl methyl sites for hydroxylation is 1. The smallest absolute Gasteiger partial charge is 0.307 e. The molecular formula is C28H38O5. The number of methoxy groups -OCH3 is 1. The van der Waals surface area contributed by atoms with E-state index in [1.807, 2.05) is 32.0 Å². The monoisotopic (exact) mass is 454 g/mol. The number of benzene rings is 2. The van der Waals surface area contributed by atoms with Crippen molar-refractivity contribution in [1.29, 1.82) is 0 Å². The Balaban J connectivity index is 2.13. The van der Waals surface area contributed by atoms with E-state index in [0.717, 1.165) is 17.6 Å². The van der Waals surface area contributed by atoms with Crippen LogP contribution in [0.1, 0.15) is 37.0 Å². The molecule has 0 bridgehead atoms. The van der Waals surface area contributed by atoms with Crippen molar-refractivity contribution in [1.82, 2.24) is 0 Å². The van der Waals surface area contributed by atoms with Crippen LogP contribution < -0.4 is 0 Å². The van der Waals surface area contributed by atoms with Gasteiger partial charge >= 0.3 is 5.97 Å². The van der Waals surface area contributed by atoms with Gasteiger partial charge in [0.2, 0.25) is 0 Å². The second-order valence-corrected chi connectivity index (χ2v) is 8.59. The largest absolute Gasteiger partial charge is 0.469 e. The minimum atomic E-state index is -0.278. The lowest BCUT2D eigenvalue weighted by Crippen LogP contribution is -2.40. The van der Waals surface area contributed by atoms with Crippen LogP contribution in [-0.4, -0.2) is 45.1 Å². The predicted octanol–water partition coefficient (Wildman–Crippen LogP) is 5.30. The molecule has 0 saturated carbocycles. The minimum Gasteiger partial charge on any atom is -0.469 e. The number of hydrogen-bond donors (Lipinski definition) is 0. The van der Waals surface area contributed by atoms with Crippen LogP contribution in [0.5, 0.6) is 0 Å². The van der Waals surface area contributed by atoms with E-state index in [9.17, 15) is 4.79 Å². The number of carbonyl (C=O) groups is 1. The molecule has 2 aromatic rings. The Kier molecular flexibility index (Phi) is 11.9. The van der Waals surface area contributed by atoms with E-state index in [1.54, 1.807) is 0 Å². The van der Waals surface area contributed by atoms with Gasteiger partial charge in [-0.25, -0.2) is 0 Å². The van der Waals surface area contributed by atoms with E-state index in [0.29, 0.717) is 26.4 Å². The normalized spacial score (nSPS) is 13.8. The Morgan fingerprint density at radius 3 is 2.33 bits per heavy atom. The molecule has 0 aromatic heterocycles. The number of ether oxygens (including phenoxy) is 4. The van der Waals surface area contributed by atoms with Crippen molar-refractivity contribution >= 4 is 5.97 Å². The summed E-state index contributed by atoms with van der Waals surface area (Å²) in [6.07, 6.45) is 0.637. The lowest BCUT2D eigenvalue weighted by Gasteiger charge is -2.32. The Morgan fingerprint density at radius 1 is 1.00 bits per heavy atom. The van der Waals surface area contributed by atoms with Gasteiger partial charge in [0, 0.05) is 5.92 Å². The van der Waals surface area contributed by atoms with Crippen molar-refractivity contribution in [2.24, 2.45) is 5.92 Å². The van der Waals surface area contributed by atoms with E-state index < -0.39 is 0 Å². The summed E-state index contributed by atoms with van der Waals surface area (Å²) in [6, 6.07) is 18.6. The first kappa shape index (κ1) is 26.8. The van der Waals surface area contributed by atoms with Gasteiger partial charge in [0.1, 0.15) is 0 Å². The van der Waals surface area contributed by atoms with Crippen molar-refractivity contribution in [2.75, 3.05) is 26.9 Å². The van der Waals surface area contributed by atoms with Gasteiger partial charge in [0.05, 0.1) is 52.2 Å². The summed E-state index contributed by atoms with van der Waals surface area (Å²) < 4.78 is 23.2. The molecule has 180 valence electrons. The third-order valence-electron chi connectivity index (χ3n) is 5.43. The summed E-state index contributed by atoms with van der Waals surface area (Å²) in [5.74, 6) is -0.241. The quantitative estimate of drug-likeness (QED) is 0.208. The maximum atomic E-state index is 11.5. The molecule has 0 spiro atoms. The number of hydrogen-bond acceptors (Lipinski definition) is 5. The van der Waals surface area contributed by atoms with Crippen molar-refractivity contribution in [3.63, 3.8) is 0 Å². The summed E-state index contributed by atoms with van der Waals surface area (Å²) in [5.41, 5.74) is 4.50. The lowest BCUT2D eigenvalue weighted by atomic mass is 9.91. The molecule has 0 unspecified atom stereocenters. The first-order valence-electron chi connectivity index (χ1n) is 11.5. The van der Waals surface area contributed by atoms with Crippen LogP contribution in [0.2, 0.25) is 0 Å². The van der Waals surface area contributed by atoms with E-state index in [2.05, 4.69) is 49.9 Å². The van der Waals surface area contributed by atoms with Crippen LogP contribution in [0.4, 0.5) is 0 Å². The van der Waals surface area contributed by atoms with Crippen molar-refractivity contribution in [3.8, 4) is 0 Å². The molecule has 3 atom stereocenters. The van der Waals surface area contributed by atoms with Crippen molar-refractivity contribution in [2.45, 2.75) is 52.4 Å². The third-order valence-corrected chi connectivity index (χ3v) is 5.43. The summed E-state index contributed by atoms with van der Waals surface area (Å²) >= 11 is 0. The number of rotatable bonds is 15. The summed E-state index contributed by atoms with van der Waals surface area (Å²) in [6.45, 7) is 11.8. The molecule has 2 rings (SSSR count). The fourth-order valence-corrected chi connectivity index (χ4v) is 3.58. The summed E-state index contributed by atoms with van der Waals surface area (Å²) in [7, 11) is 1.38. The molecule has 0 N–H and O–H groups in total. The average Bonchev–Trinajstić information content (AvgIpc) is 2.81. The van der Waals surface area contributed by atoms with Gasteiger partial charge in [-0.05, 0) is 38.3 Å². The fraction of sp³-hybridized carbons (Fsp3) is 0.464. The van der Waals surface area contributed by atoms with Gasteiger partial charge in [0.15, 0.2) is 0 Å². The van der Waals surface area contributed by atoms with Crippen molar-refractivity contribution in [3.05, 3.63) is 83.4 Å². The topological polar surface area (TPSA) is 54.0 Å². The van der Waals surface area contributed by atoms with E-state index in [4.69, 9.17) is 18.9 Å². The van der Waals surface area contributed by atoms with Crippen LogP contribution >= 0.6 is 0 Å². The zero-order chi connectivity index (χ0) is 24.1. The molecule has 33 heavy (non-hydrogen) atoms. The van der Waals surface area contributed by atoms with Gasteiger partial charge in [-0.3, -0.25) is 4.79 Å². The summed E-state index contributed by atoms with van der Waals surface area (Å²) in [4.78, 5) is 11.5. The third kappa shape index (κ3) is 10.3. The Labute approximate surface area is 198 Å². The maximum Gasteiger partial charge on any atom is 0.307 e. The SMILES string of the molecule is C=C(C)CO[C@H]([C@H](COCCC(=O)OC)Cc1ccc(C)cc1)[C@H](C)OCc1ccccc1. The Morgan fingerprint density at radius 2 is 1.70 bits per heavy atom. The lowest BCUT2D eigenvalue weighted by molar-refractivity contribution is -0.142. The number of carbonyl (C=O) groups excluding carboxylic acids is 1. The molecule has 0 aliphatic rings. The predicted molar refractivity (Wildman–Crippen MR) is 131 cm³/mol. The van der Waals surface area contributed by atoms with Gasteiger partial charge in [-0.2, -0.15) is 0 Å². The molecule has 0 heterocycles. The van der Waals surface area contributed by atoms with Gasteiger partial charge in [-0.15, -0.1) is 0 Å². The van der Waals surface area contributed by atoms with Crippen molar-refractivity contribution < 1.29 is 23.7 Å². The van der Waals surface area contributed by atoms with Gasteiger partial charge in [-0.1, -0.05) is 72.3 Å². The van der Waals surface area contributed by atoms with Crippen LogP contribution in [0, 0.1) is 12.8 Å². The van der Waals surface area contributed by atoms with Crippen LogP contribution in [0.15, 0.2) is 66.7 Å². The fourth-order valence-electron chi connectivity index (χ4n) is 3.58. The van der Waals surface area contributed by atoms with Gasteiger partial charge < -0.3 is 18.9 Å². The van der Waals surface area contributed by atoms with E-state index >= 15 is 0 Å². The molecular weight excluding hydrogens is 416 g/mol. The zero-order valence-corrected chi connectivity index (χ0v) is 20.4. The maximum absolute atomic E-state index is 11.5. The first-order valence-corrected chi connectivity index (χ1v) is 11.5. The first-order chi connectivity index (χ1) is 15.9. The van der Waals surface area contributed by atoms with Crippen LogP contribution in [-0.2, 0) is 36.8 Å². The zero-order valence-electron chi connectivity index (χ0n) is 20.4. The van der Waals surface area contributed by atoms with Crippen LogP contribution in [0.25, 0.3) is 0 Å². The highest BCUT2D eigenvalue weighted by Crippen LogP contribution is 2.23. The van der Waals surface area contributed by atoms with Gasteiger partial charge in [0.25, 0.3) is 0 Å². The molecule has 0 amide bonds. The molecule has 0 aliphatic heterocycles. The Bertz CT molecular complexity index is 831. The van der Waals surface area contributed by atoms with E-state index in [1.165, 1.54) is 18.2 Å². The molecule has 0 saturated heterocycles. The molecule has 0 fully saturated rings. The standard InChI is InChI=1S/C28H38O5/c1-21(2)18-33-28(23(4)32-19-25-9-7-6-8-10-25)26(20-31-16-15-27(29)30-5)17-24-13-11-22(3)12-14-24/h6-14,23,26,28H,1,15-20H2,2-5H3/t23-,26-,28-/m0/s1. The Hall–Kier alpha value is -2.47.